The standard InChI is InChI=1S/C44H81NO3/c1-10-11-29-47-37(19-15-28-46-32-35(5)45(8)9)18-12-13-30-48-38-24-26-43(6)36(31-38)20-21-39-41-23-22-40(34(4)17-14-16-33(2)3)44(41,7)27-25-42(39)43/h20,33-35,37-42H,10-19,21-32H2,1-9H3/t34-,35-,37?,38+,39?,40-,41?,42?,43+,44-/m1/s1. The number of fused-ring (bicyclic) bond motifs is 5. The number of ether oxygens (including phenoxy) is 3. The molecule has 4 heteroatoms. The predicted octanol–water partition coefficient (Wildman–Crippen LogP) is 11.5. The van der Waals surface area contributed by atoms with Crippen molar-refractivity contribution in [2.45, 2.75) is 182 Å². The van der Waals surface area contributed by atoms with Crippen molar-refractivity contribution in [1.29, 1.82) is 0 Å². The van der Waals surface area contributed by atoms with E-state index >= 15 is 0 Å². The largest absolute Gasteiger partial charge is 0.380 e. The number of likely N-dealkylation sites (N-methyl/N-ethyl adjacent to an activating group) is 1. The summed E-state index contributed by atoms with van der Waals surface area (Å²) >= 11 is 0. The van der Waals surface area contributed by atoms with Crippen LogP contribution in [0.5, 0.6) is 0 Å². The summed E-state index contributed by atoms with van der Waals surface area (Å²) in [6, 6.07) is 0.465. The van der Waals surface area contributed by atoms with Crippen molar-refractivity contribution in [3.05, 3.63) is 11.6 Å². The van der Waals surface area contributed by atoms with Crippen LogP contribution < -0.4 is 0 Å². The Morgan fingerprint density at radius 3 is 2.35 bits per heavy atom. The van der Waals surface area contributed by atoms with E-state index in [1.54, 1.807) is 5.57 Å². The van der Waals surface area contributed by atoms with E-state index in [4.69, 9.17) is 14.2 Å². The lowest BCUT2D eigenvalue weighted by molar-refractivity contribution is -0.0642. The molecule has 0 aromatic rings. The van der Waals surface area contributed by atoms with Gasteiger partial charge in [-0.25, -0.2) is 0 Å². The van der Waals surface area contributed by atoms with Crippen molar-refractivity contribution in [2.24, 2.45) is 46.3 Å². The molecule has 0 saturated heterocycles. The van der Waals surface area contributed by atoms with Crippen LogP contribution in [0.25, 0.3) is 0 Å². The van der Waals surface area contributed by atoms with Gasteiger partial charge in [0.25, 0.3) is 0 Å². The zero-order valence-electron chi connectivity index (χ0n) is 33.5. The topological polar surface area (TPSA) is 30.9 Å². The van der Waals surface area contributed by atoms with E-state index in [0.717, 1.165) is 94.0 Å². The summed E-state index contributed by atoms with van der Waals surface area (Å²) < 4.78 is 18.9. The van der Waals surface area contributed by atoms with Crippen molar-refractivity contribution < 1.29 is 14.2 Å². The van der Waals surface area contributed by atoms with Crippen LogP contribution in [0.1, 0.15) is 164 Å². The normalized spacial score (nSPS) is 33.6. The minimum atomic E-state index is 0.364. The van der Waals surface area contributed by atoms with E-state index in [9.17, 15) is 0 Å². The quantitative estimate of drug-likeness (QED) is 0.0846. The monoisotopic (exact) mass is 672 g/mol. The second-order valence-electron chi connectivity index (χ2n) is 18.4. The van der Waals surface area contributed by atoms with Gasteiger partial charge in [-0.1, -0.05) is 78.9 Å². The van der Waals surface area contributed by atoms with Crippen LogP contribution in [0.15, 0.2) is 11.6 Å². The molecule has 0 aromatic heterocycles. The summed E-state index contributed by atoms with van der Waals surface area (Å²) in [6.07, 6.45) is 26.9. The Hall–Kier alpha value is -0.420. The summed E-state index contributed by atoms with van der Waals surface area (Å²) in [4.78, 5) is 2.22. The maximum atomic E-state index is 6.62. The minimum absolute atomic E-state index is 0.364. The number of unbranched alkanes of at least 4 members (excludes halogenated alkanes) is 2. The molecule has 3 saturated carbocycles. The molecule has 4 aliphatic carbocycles. The fourth-order valence-corrected chi connectivity index (χ4v) is 11.0. The third-order valence-corrected chi connectivity index (χ3v) is 14.4. The average Bonchev–Trinajstić information content (AvgIpc) is 3.41. The Morgan fingerprint density at radius 2 is 1.60 bits per heavy atom. The number of hydrogen-bond donors (Lipinski definition) is 0. The van der Waals surface area contributed by atoms with E-state index in [1.807, 2.05) is 0 Å². The highest BCUT2D eigenvalue weighted by atomic mass is 16.5. The fraction of sp³-hybridized carbons (Fsp3) is 0.955. The van der Waals surface area contributed by atoms with Gasteiger partial charge in [0.1, 0.15) is 0 Å². The molecular weight excluding hydrogens is 590 g/mol. The molecule has 0 spiro atoms. The summed E-state index contributed by atoms with van der Waals surface area (Å²) in [6.45, 7) is 20.7. The van der Waals surface area contributed by atoms with Crippen LogP contribution in [0.2, 0.25) is 0 Å². The lowest BCUT2D eigenvalue weighted by Crippen LogP contribution is -2.51. The van der Waals surface area contributed by atoms with Gasteiger partial charge in [0, 0.05) is 25.9 Å². The SMILES string of the molecule is CCCCOC(CCCCO[C@H]1CC[C@@]2(C)C(=CCC3C2CC[C@@]2(C)C3CC[C@@H]2[C@H](C)CCCC(C)C)C1)CCCOC[C@@H](C)N(C)C. The third-order valence-electron chi connectivity index (χ3n) is 14.4. The highest BCUT2D eigenvalue weighted by molar-refractivity contribution is 5.25. The highest BCUT2D eigenvalue weighted by Crippen LogP contribution is 2.67. The second kappa shape index (κ2) is 19.4. The molecule has 0 aromatic carbocycles. The first-order chi connectivity index (χ1) is 23.0. The molecule has 0 heterocycles. The third kappa shape index (κ3) is 10.6. The summed E-state index contributed by atoms with van der Waals surface area (Å²) in [7, 11) is 4.24. The van der Waals surface area contributed by atoms with Crippen molar-refractivity contribution >= 4 is 0 Å². The first-order valence-electron chi connectivity index (χ1n) is 21.2. The molecule has 3 fully saturated rings. The molecule has 10 atom stereocenters. The van der Waals surface area contributed by atoms with E-state index in [1.165, 1.54) is 83.5 Å². The van der Waals surface area contributed by atoms with Crippen LogP contribution >= 0.6 is 0 Å². The lowest BCUT2D eigenvalue weighted by Gasteiger charge is -2.58. The molecular formula is C44H81NO3. The molecule has 0 bridgehead atoms. The smallest absolute Gasteiger partial charge is 0.0618 e. The molecule has 4 aliphatic rings. The van der Waals surface area contributed by atoms with E-state index in [0.29, 0.717) is 29.1 Å². The van der Waals surface area contributed by atoms with Crippen LogP contribution in [0.4, 0.5) is 0 Å². The number of allylic oxidation sites excluding steroid dienone is 1. The zero-order chi connectivity index (χ0) is 34.7. The van der Waals surface area contributed by atoms with Crippen LogP contribution in [-0.2, 0) is 14.2 Å². The lowest BCUT2D eigenvalue weighted by atomic mass is 9.47. The van der Waals surface area contributed by atoms with E-state index in [-0.39, 0.29) is 0 Å². The minimum Gasteiger partial charge on any atom is -0.380 e. The summed E-state index contributed by atoms with van der Waals surface area (Å²) in [5, 5.41) is 0. The summed E-state index contributed by atoms with van der Waals surface area (Å²) in [5.74, 6) is 5.47. The van der Waals surface area contributed by atoms with Crippen LogP contribution in [0, 0.1) is 46.3 Å². The number of hydrogen-bond acceptors (Lipinski definition) is 4. The molecule has 4 nitrogen and oxygen atoms in total. The summed E-state index contributed by atoms with van der Waals surface area (Å²) in [5.41, 5.74) is 2.77. The van der Waals surface area contributed by atoms with Gasteiger partial charge in [-0.2, -0.15) is 0 Å². The van der Waals surface area contributed by atoms with Crippen molar-refractivity contribution in [3.63, 3.8) is 0 Å². The van der Waals surface area contributed by atoms with Gasteiger partial charge in [0.2, 0.25) is 0 Å². The first-order valence-corrected chi connectivity index (χ1v) is 21.2. The van der Waals surface area contributed by atoms with Gasteiger partial charge < -0.3 is 19.1 Å². The van der Waals surface area contributed by atoms with Crippen LogP contribution in [-0.4, -0.2) is 63.7 Å². The van der Waals surface area contributed by atoms with Crippen molar-refractivity contribution in [3.8, 4) is 0 Å². The predicted molar refractivity (Wildman–Crippen MR) is 204 cm³/mol. The van der Waals surface area contributed by atoms with Gasteiger partial charge in [-0.15, -0.1) is 0 Å². The van der Waals surface area contributed by atoms with Crippen molar-refractivity contribution in [1.82, 2.24) is 4.90 Å². The Balaban J connectivity index is 1.19. The molecule has 0 amide bonds. The van der Waals surface area contributed by atoms with Gasteiger partial charge in [0.15, 0.2) is 0 Å². The molecule has 0 radical (unpaired) electrons. The maximum Gasteiger partial charge on any atom is 0.0618 e. The van der Waals surface area contributed by atoms with Crippen molar-refractivity contribution in [2.75, 3.05) is 40.5 Å². The Bertz CT molecular complexity index is 947. The van der Waals surface area contributed by atoms with Gasteiger partial charge in [-0.3, -0.25) is 0 Å². The average molecular weight is 672 g/mol. The molecule has 280 valence electrons. The van der Waals surface area contributed by atoms with Gasteiger partial charge in [0.05, 0.1) is 18.8 Å². The fourth-order valence-electron chi connectivity index (χ4n) is 11.0. The molecule has 48 heavy (non-hydrogen) atoms. The van der Waals surface area contributed by atoms with Gasteiger partial charge in [-0.05, 0) is 157 Å². The number of nitrogens with zero attached hydrogens (tertiary/aromatic N) is 1. The van der Waals surface area contributed by atoms with E-state index in [2.05, 4.69) is 73.5 Å². The first kappa shape index (κ1) is 40.4. The zero-order valence-corrected chi connectivity index (χ0v) is 33.5. The molecule has 0 N–H and O–H groups in total. The Labute approximate surface area is 299 Å². The molecule has 0 aliphatic heterocycles. The molecule has 4 rings (SSSR count). The van der Waals surface area contributed by atoms with E-state index < -0.39 is 0 Å². The Morgan fingerprint density at radius 1 is 0.812 bits per heavy atom. The van der Waals surface area contributed by atoms with Crippen LogP contribution in [0.3, 0.4) is 0 Å². The maximum absolute atomic E-state index is 6.62. The Kier molecular flexibility index (Phi) is 16.3. The second-order valence-corrected chi connectivity index (χ2v) is 18.4. The number of rotatable bonds is 22. The molecule has 4 unspecified atom stereocenters. The highest BCUT2D eigenvalue weighted by Gasteiger charge is 2.59. The van der Waals surface area contributed by atoms with Gasteiger partial charge >= 0.3 is 0 Å².